The first-order valence-electron chi connectivity index (χ1n) is 4.85. The largest absolute Gasteiger partial charge is 0.478 e. The zero-order chi connectivity index (χ0) is 12.7. The molecule has 1 heterocycles. The van der Waals surface area contributed by atoms with E-state index in [1.807, 2.05) is 17.5 Å². The van der Waals surface area contributed by atoms with E-state index in [2.05, 4.69) is 0 Å². The van der Waals surface area contributed by atoms with Crippen LogP contribution in [0.1, 0.15) is 11.3 Å². The van der Waals surface area contributed by atoms with Gasteiger partial charge >= 0.3 is 0 Å². The Morgan fingerprint density at radius 1 is 1.59 bits per heavy atom. The van der Waals surface area contributed by atoms with Gasteiger partial charge in [-0.05, 0) is 23.9 Å². The van der Waals surface area contributed by atoms with Crippen molar-refractivity contribution in [3.8, 4) is 0 Å². The van der Waals surface area contributed by atoms with Crippen molar-refractivity contribution in [2.45, 2.75) is 6.42 Å². The maximum Gasteiger partial charge on any atom is 0.264 e. The standard InChI is InChI=1S/C10H13NO4S2/c11-10(5-4-9-3-1-7-16-9)15-6-2-8-17(12,13)14/h1,3-5,7,11H,2,6,8H2,(H,12,13,14)/b5-4+,11-10?. The molecule has 7 heteroatoms. The minimum atomic E-state index is -3.94. The van der Waals surface area contributed by atoms with Crippen LogP contribution < -0.4 is 0 Å². The fraction of sp³-hybridized carbons (Fsp3) is 0.300. The zero-order valence-electron chi connectivity index (χ0n) is 9.00. The first kappa shape index (κ1) is 13.9. The molecule has 0 fully saturated rings. The van der Waals surface area contributed by atoms with Gasteiger partial charge in [-0.1, -0.05) is 6.07 Å². The van der Waals surface area contributed by atoms with Crippen molar-refractivity contribution in [3.05, 3.63) is 28.5 Å². The number of thiophene rings is 1. The average molecular weight is 275 g/mol. The number of hydrogen-bond acceptors (Lipinski definition) is 5. The van der Waals surface area contributed by atoms with Crippen molar-refractivity contribution >= 4 is 33.4 Å². The van der Waals surface area contributed by atoms with E-state index < -0.39 is 10.1 Å². The number of rotatable bonds is 6. The van der Waals surface area contributed by atoms with Crippen LogP contribution in [0.3, 0.4) is 0 Å². The highest BCUT2D eigenvalue weighted by atomic mass is 32.2. The molecule has 94 valence electrons. The smallest absolute Gasteiger partial charge is 0.264 e. The third-order valence-electron chi connectivity index (χ3n) is 1.75. The SMILES string of the molecule is N=C(/C=C/c1cccs1)OCCCS(=O)(=O)O. The minimum absolute atomic E-state index is 0.0336. The molecule has 0 aromatic carbocycles. The summed E-state index contributed by atoms with van der Waals surface area (Å²) in [6.07, 6.45) is 3.41. The van der Waals surface area contributed by atoms with Crippen LogP contribution in [-0.4, -0.2) is 31.2 Å². The van der Waals surface area contributed by atoms with E-state index in [0.29, 0.717) is 0 Å². The summed E-state index contributed by atoms with van der Waals surface area (Å²) in [5, 5.41) is 9.34. The van der Waals surface area contributed by atoms with E-state index in [1.165, 1.54) is 6.08 Å². The van der Waals surface area contributed by atoms with E-state index in [9.17, 15) is 8.42 Å². The number of nitrogens with one attached hydrogen (secondary N) is 1. The Kier molecular flexibility index (Phi) is 5.33. The molecule has 0 saturated carbocycles. The third-order valence-corrected chi connectivity index (χ3v) is 3.39. The Balaban J connectivity index is 2.22. The van der Waals surface area contributed by atoms with Crippen molar-refractivity contribution in [2.24, 2.45) is 0 Å². The predicted octanol–water partition coefficient (Wildman–Crippen LogP) is 2.03. The van der Waals surface area contributed by atoms with Gasteiger partial charge in [-0.15, -0.1) is 11.3 Å². The highest BCUT2D eigenvalue weighted by Crippen LogP contribution is 2.10. The molecule has 0 aliphatic carbocycles. The molecule has 0 spiro atoms. The van der Waals surface area contributed by atoms with Gasteiger partial charge in [-0.3, -0.25) is 9.96 Å². The molecule has 0 aliphatic heterocycles. The topological polar surface area (TPSA) is 87.5 Å². The molecular weight excluding hydrogens is 262 g/mol. The van der Waals surface area contributed by atoms with Crippen LogP contribution in [0, 0.1) is 5.41 Å². The highest BCUT2D eigenvalue weighted by Gasteiger charge is 2.03. The molecule has 0 unspecified atom stereocenters. The molecular formula is C10H13NO4S2. The Morgan fingerprint density at radius 3 is 2.94 bits per heavy atom. The molecule has 0 radical (unpaired) electrons. The lowest BCUT2D eigenvalue weighted by Gasteiger charge is -2.02. The summed E-state index contributed by atoms with van der Waals surface area (Å²) < 4.78 is 34.2. The summed E-state index contributed by atoms with van der Waals surface area (Å²) in [6.45, 7) is 0.0907. The quantitative estimate of drug-likeness (QED) is 0.360. The van der Waals surface area contributed by atoms with E-state index in [-0.39, 0.29) is 24.7 Å². The second-order valence-corrected chi connectivity index (χ2v) is 5.75. The molecule has 1 rings (SSSR count). The molecule has 2 N–H and O–H groups in total. The Labute approximate surface area is 104 Å². The van der Waals surface area contributed by atoms with Crippen LogP contribution in [0.5, 0.6) is 0 Å². The molecule has 0 atom stereocenters. The van der Waals surface area contributed by atoms with Crippen molar-refractivity contribution in [1.29, 1.82) is 5.41 Å². The summed E-state index contributed by atoms with van der Waals surface area (Å²) in [6, 6.07) is 3.81. The van der Waals surface area contributed by atoms with Crippen molar-refractivity contribution in [1.82, 2.24) is 0 Å². The molecule has 1 aromatic heterocycles. The second kappa shape index (κ2) is 6.53. The number of ether oxygens (including phenoxy) is 1. The fourth-order valence-electron chi connectivity index (χ4n) is 1.02. The number of hydrogen-bond donors (Lipinski definition) is 2. The molecule has 1 aromatic rings. The van der Waals surface area contributed by atoms with E-state index >= 15 is 0 Å². The van der Waals surface area contributed by atoms with Crippen LogP contribution in [0.4, 0.5) is 0 Å². The summed E-state index contributed by atoms with van der Waals surface area (Å²) in [7, 11) is -3.94. The Bertz CT molecular complexity index is 476. The average Bonchev–Trinajstić information content (AvgIpc) is 2.73. The predicted molar refractivity (Wildman–Crippen MR) is 68.1 cm³/mol. The Hall–Kier alpha value is -1.18. The maximum absolute atomic E-state index is 10.4. The monoisotopic (exact) mass is 275 g/mol. The van der Waals surface area contributed by atoms with Gasteiger partial charge in [0.05, 0.1) is 12.4 Å². The lowest BCUT2D eigenvalue weighted by atomic mass is 10.4. The van der Waals surface area contributed by atoms with Crippen LogP contribution in [-0.2, 0) is 14.9 Å². The molecule has 0 bridgehead atoms. The first-order valence-corrected chi connectivity index (χ1v) is 7.34. The van der Waals surface area contributed by atoms with Crippen LogP contribution in [0.2, 0.25) is 0 Å². The van der Waals surface area contributed by atoms with Crippen LogP contribution in [0.25, 0.3) is 6.08 Å². The lowest BCUT2D eigenvalue weighted by Crippen LogP contribution is -2.09. The van der Waals surface area contributed by atoms with Gasteiger partial charge < -0.3 is 4.74 Å². The first-order chi connectivity index (χ1) is 7.97. The highest BCUT2D eigenvalue weighted by molar-refractivity contribution is 7.85. The normalized spacial score (nSPS) is 11.8. The van der Waals surface area contributed by atoms with Crippen LogP contribution >= 0.6 is 11.3 Å². The van der Waals surface area contributed by atoms with E-state index in [0.717, 1.165) is 4.88 Å². The van der Waals surface area contributed by atoms with Crippen LogP contribution in [0.15, 0.2) is 23.6 Å². The van der Waals surface area contributed by atoms with Gasteiger partial charge in [0.1, 0.15) is 0 Å². The summed E-state index contributed by atoms with van der Waals surface area (Å²) in [5.74, 6) is -0.386. The molecule has 0 amide bonds. The molecule has 17 heavy (non-hydrogen) atoms. The van der Waals surface area contributed by atoms with Gasteiger partial charge in [0.25, 0.3) is 10.1 Å². The lowest BCUT2D eigenvalue weighted by molar-refractivity contribution is 0.303. The van der Waals surface area contributed by atoms with Crippen molar-refractivity contribution < 1.29 is 17.7 Å². The van der Waals surface area contributed by atoms with Gasteiger partial charge in [0.15, 0.2) is 0 Å². The molecule has 0 aliphatic rings. The second-order valence-electron chi connectivity index (χ2n) is 3.20. The van der Waals surface area contributed by atoms with Gasteiger partial charge in [-0.2, -0.15) is 8.42 Å². The van der Waals surface area contributed by atoms with Crippen molar-refractivity contribution in [2.75, 3.05) is 12.4 Å². The third kappa shape index (κ3) is 6.88. The van der Waals surface area contributed by atoms with Gasteiger partial charge in [0.2, 0.25) is 5.90 Å². The zero-order valence-corrected chi connectivity index (χ0v) is 10.6. The van der Waals surface area contributed by atoms with E-state index in [1.54, 1.807) is 17.4 Å². The van der Waals surface area contributed by atoms with Gasteiger partial charge in [0, 0.05) is 11.0 Å². The maximum atomic E-state index is 10.4. The minimum Gasteiger partial charge on any atom is -0.478 e. The molecule has 5 nitrogen and oxygen atoms in total. The summed E-state index contributed by atoms with van der Waals surface area (Å²) in [5.41, 5.74) is 0. The summed E-state index contributed by atoms with van der Waals surface area (Å²) >= 11 is 1.55. The van der Waals surface area contributed by atoms with Crippen molar-refractivity contribution in [3.63, 3.8) is 0 Å². The van der Waals surface area contributed by atoms with Gasteiger partial charge in [-0.25, -0.2) is 0 Å². The van der Waals surface area contributed by atoms with E-state index in [4.69, 9.17) is 14.7 Å². The molecule has 0 saturated heterocycles. The Morgan fingerprint density at radius 2 is 2.35 bits per heavy atom. The fourth-order valence-corrected chi connectivity index (χ4v) is 2.12. The summed E-state index contributed by atoms with van der Waals surface area (Å²) in [4.78, 5) is 1.01.